The van der Waals surface area contributed by atoms with Gasteiger partial charge in [-0.25, -0.2) is 22.0 Å². The average Bonchev–Trinajstić information content (AvgIpc) is 3.30. The van der Waals surface area contributed by atoms with E-state index in [-0.39, 0.29) is 33.5 Å². The first-order valence-corrected chi connectivity index (χ1v) is 13.3. The Bertz CT molecular complexity index is 1600. The van der Waals surface area contributed by atoms with Crippen molar-refractivity contribution >= 4 is 15.9 Å². The van der Waals surface area contributed by atoms with Crippen LogP contribution in [0.2, 0.25) is 0 Å². The van der Waals surface area contributed by atoms with Crippen molar-refractivity contribution in [2.75, 3.05) is 0 Å². The Morgan fingerprint density at radius 1 is 1.08 bits per heavy atom. The topological polar surface area (TPSA) is 103 Å². The number of pyridine rings is 1. The molecule has 38 heavy (non-hydrogen) atoms. The molecule has 2 aromatic heterocycles. The third kappa shape index (κ3) is 5.28. The summed E-state index contributed by atoms with van der Waals surface area (Å²) in [6, 6.07) is 8.05. The first-order chi connectivity index (χ1) is 18.0. The van der Waals surface area contributed by atoms with E-state index in [1.807, 2.05) is 6.92 Å². The van der Waals surface area contributed by atoms with E-state index in [1.54, 1.807) is 56.2 Å². The molecular weight excluding hydrogens is 514 g/mol. The Morgan fingerprint density at radius 2 is 1.79 bits per heavy atom. The van der Waals surface area contributed by atoms with Crippen molar-refractivity contribution in [3.05, 3.63) is 78.3 Å². The lowest BCUT2D eigenvalue weighted by atomic mass is 9.98. The lowest BCUT2D eigenvalue weighted by molar-refractivity contribution is 0.197. The summed E-state index contributed by atoms with van der Waals surface area (Å²) < 4.78 is 63.4. The van der Waals surface area contributed by atoms with E-state index in [4.69, 9.17) is 4.74 Å². The molecule has 0 aliphatic rings. The molecule has 4 rings (SSSR count). The molecule has 0 radical (unpaired) electrons. The van der Waals surface area contributed by atoms with Crippen molar-refractivity contribution in [2.45, 2.75) is 50.1 Å². The maximum Gasteiger partial charge on any atom is 0.412 e. The van der Waals surface area contributed by atoms with Crippen LogP contribution < -0.4 is 10.1 Å². The van der Waals surface area contributed by atoms with E-state index >= 15 is 0 Å². The molecule has 8 nitrogen and oxygen atoms in total. The minimum Gasteiger partial charge on any atom is -0.410 e. The molecule has 1 amide bonds. The first-order valence-electron chi connectivity index (χ1n) is 11.8. The largest absolute Gasteiger partial charge is 0.412 e. The number of carbonyl (C=O) groups is 1. The molecule has 2 aromatic carbocycles. The highest BCUT2D eigenvalue weighted by atomic mass is 32.2. The zero-order valence-corrected chi connectivity index (χ0v) is 22.0. The smallest absolute Gasteiger partial charge is 0.410 e. The third-order valence-electron chi connectivity index (χ3n) is 5.77. The van der Waals surface area contributed by atoms with Gasteiger partial charge in [-0.1, -0.05) is 0 Å². The number of hydrogen-bond donors (Lipinski definition) is 1. The van der Waals surface area contributed by atoms with Crippen molar-refractivity contribution < 1.29 is 26.7 Å². The highest BCUT2D eigenvalue weighted by Crippen LogP contribution is 2.42. The fourth-order valence-electron chi connectivity index (χ4n) is 3.97. The Kier molecular flexibility index (Phi) is 7.58. The molecule has 0 aliphatic carbocycles. The molecule has 198 valence electrons. The monoisotopic (exact) mass is 540 g/mol. The number of aromatic nitrogens is 3. The summed E-state index contributed by atoms with van der Waals surface area (Å²) in [5.74, 6) is -1.91. The van der Waals surface area contributed by atoms with Crippen molar-refractivity contribution in [3.63, 3.8) is 0 Å². The number of aryl methyl sites for hydroxylation is 1. The Morgan fingerprint density at radius 3 is 2.45 bits per heavy atom. The molecule has 2 heterocycles. The van der Waals surface area contributed by atoms with Gasteiger partial charge < -0.3 is 10.1 Å². The van der Waals surface area contributed by atoms with Crippen LogP contribution in [0.5, 0.6) is 5.75 Å². The van der Waals surface area contributed by atoms with Crippen LogP contribution in [0.3, 0.4) is 0 Å². The molecule has 0 fully saturated rings. The molecule has 0 saturated carbocycles. The number of carbonyl (C=O) groups excluding carboxylic acids is 1. The molecular formula is C27H26F2N4O4S. The number of benzene rings is 2. The molecule has 4 aromatic rings. The number of rotatable bonds is 7. The maximum atomic E-state index is 14.7. The average molecular weight is 541 g/mol. The number of halogens is 2. The Balaban J connectivity index is 2.02. The normalized spacial score (nSPS) is 11.6. The van der Waals surface area contributed by atoms with Gasteiger partial charge in [0.05, 0.1) is 4.90 Å². The van der Waals surface area contributed by atoms with Crippen LogP contribution in [0, 0.1) is 18.6 Å². The fourth-order valence-corrected chi connectivity index (χ4v) is 5.57. The van der Waals surface area contributed by atoms with Crippen LogP contribution in [0.4, 0.5) is 13.6 Å². The second kappa shape index (κ2) is 10.7. The van der Waals surface area contributed by atoms with Crippen LogP contribution in [-0.2, 0) is 16.4 Å². The predicted molar refractivity (Wildman–Crippen MR) is 137 cm³/mol. The molecule has 0 aliphatic heterocycles. The van der Waals surface area contributed by atoms with Gasteiger partial charge in [0.2, 0.25) is 9.84 Å². The highest BCUT2D eigenvalue weighted by Gasteiger charge is 2.31. The molecule has 1 N–H and O–H groups in total. The van der Waals surface area contributed by atoms with Crippen LogP contribution >= 0.6 is 0 Å². The second-order valence-corrected chi connectivity index (χ2v) is 10.7. The van der Waals surface area contributed by atoms with Gasteiger partial charge in [0.25, 0.3) is 0 Å². The number of nitrogens with zero attached hydrogens (tertiary/aromatic N) is 3. The quantitative estimate of drug-likeness (QED) is 0.330. The van der Waals surface area contributed by atoms with Crippen LogP contribution in [0.15, 0.2) is 70.8 Å². The van der Waals surface area contributed by atoms with Gasteiger partial charge in [0.1, 0.15) is 28.0 Å². The highest BCUT2D eigenvalue weighted by molar-refractivity contribution is 7.91. The zero-order valence-electron chi connectivity index (χ0n) is 21.2. The second-order valence-electron chi connectivity index (χ2n) is 8.81. The van der Waals surface area contributed by atoms with Gasteiger partial charge in [-0.05, 0) is 75.7 Å². The Labute approximate surface area is 219 Å². The molecule has 0 bridgehead atoms. The van der Waals surface area contributed by atoms with Crippen LogP contribution in [0.25, 0.3) is 22.4 Å². The minimum atomic E-state index is -4.59. The number of ether oxygens (including phenoxy) is 1. The van der Waals surface area contributed by atoms with Gasteiger partial charge in [-0.15, -0.1) is 0 Å². The van der Waals surface area contributed by atoms with Crippen molar-refractivity contribution in [1.82, 2.24) is 20.1 Å². The van der Waals surface area contributed by atoms with Crippen molar-refractivity contribution in [3.8, 4) is 28.1 Å². The number of hydrogen-bond acceptors (Lipinski definition) is 6. The van der Waals surface area contributed by atoms with E-state index in [0.717, 1.165) is 12.1 Å². The van der Waals surface area contributed by atoms with Gasteiger partial charge in [-0.3, -0.25) is 9.67 Å². The summed E-state index contributed by atoms with van der Waals surface area (Å²) in [7, 11) is -4.59. The summed E-state index contributed by atoms with van der Waals surface area (Å²) in [6.07, 6.45) is 4.20. The number of nitrogens with one attached hydrogen (secondary N) is 1. The van der Waals surface area contributed by atoms with Gasteiger partial charge >= 0.3 is 6.09 Å². The van der Waals surface area contributed by atoms with Crippen molar-refractivity contribution in [1.29, 1.82) is 0 Å². The van der Waals surface area contributed by atoms with Crippen molar-refractivity contribution in [2.24, 2.45) is 0 Å². The van der Waals surface area contributed by atoms with E-state index in [0.29, 0.717) is 23.7 Å². The lowest BCUT2D eigenvalue weighted by Gasteiger charge is -2.17. The van der Waals surface area contributed by atoms with E-state index in [9.17, 15) is 22.0 Å². The molecule has 0 unspecified atom stereocenters. The van der Waals surface area contributed by atoms with Gasteiger partial charge in [0.15, 0.2) is 0 Å². The summed E-state index contributed by atoms with van der Waals surface area (Å²) in [4.78, 5) is 15.3. The maximum absolute atomic E-state index is 14.7. The summed E-state index contributed by atoms with van der Waals surface area (Å²) in [5, 5.41) is 7.24. The number of amides is 1. The number of sulfone groups is 1. The molecule has 0 saturated heterocycles. The molecule has 0 atom stereocenters. The molecule has 0 spiro atoms. The summed E-state index contributed by atoms with van der Waals surface area (Å²) >= 11 is 0. The summed E-state index contributed by atoms with van der Waals surface area (Å²) in [5.41, 5.74) is 1.93. The minimum absolute atomic E-state index is 0.0866. The van der Waals surface area contributed by atoms with Crippen LogP contribution in [-0.4, -0.2) is 35.3 Å². The van der Waals surface area contributed by atoms with E-state index in [1.165, 1.54) is 12.1 Å². The zero-order chi connectivity index (χ0) is 27.6. The van der Waals surface area contributed by atoms with Crippen LogP contribution in [0.1, 0.15) is 26.3 Å². The standard InChI is InChI=1S/C27H26F2N4O4S/c1-5-33-15-20(18-10-12-30-13-11-18)26(32-33)25-17(4)22(37-27(34)31-16(2)3)8-9-23(25)38(35,36)24-14-19(28)6-7-21(24)29/h6-16H,5H2,1-4H3,(H,31,34). The SMILES string of the molecule is CCn1cc(-c2ccncc2)c(-c2c(S(=O)(=O)c3cc(F)ccc3F)ccc(OC(=O)NC(C)C)c2C)n1. The third-order valence-corrected chi connectivity index (χ3v) is 7.58. The molecule has 11 heteroatoms. The van der Waals surface area contributed by atoms with Gasteiger partial charge in [0, 0.05) is 47.9 Å². The summed E-state index contributed by atoms with van der Waals surface area (Å²) in [6.45, 7) is 7.46. The lowest BCUT2D eigenvalue weighted by Crippen LogP contribution is -2.32. The van der Waals surface area contributed by atoms with E-state index < -0.39 is 32.5 Å². The van der Waals surface area contributed by atoms with Gasteiger partial charge in [-0.2, -0.15) is 5.10 Å². The first kappa shape index (κ1) is 26.9. The Hall–Kier alpha value is -4.12. The predicted octanol–water partition coefficient (Wildman–Crippen LogP) is 5.55. The fraction of sp³-hybridized carbons (Fsp3) is 0.222. The van der Waals surface area contributed by atoms with E-state index in [2.05, 4.69) is 15.4 Å².